The van der Waals surface area contributed by atoms with E-state index in [0.29, 0.717) is 17.4 Å². The highest BCUT2D eigenvalue weighted by Gasteiger charge is 2.22. The minimum absolute atomic E-state index is 0.182. The summed E-state index contributed by atoms with van der Waals surface area (Å²) < 4.78 is 1.38. The lowest BCUT2D eigenvalue weighted by Crippen LogP contribution is -2.40. The summed E-state index contributed by atoms with van der Waals surface area (Å²) in [6, 6.07) is 6.89. The molecule has 0 radical (unpaired) electrons. The van der Waals surface area contributed by atoms with Crippen LogP contribution in [0.1, 0.15) is 6.92 Å². The van der Waals surface area contributed by atoms with E-state index in [1.54, 1.807) is 31.2 Å². The molecule has 130 valence electrons. The highest BCUT2D eigenvalue weighted by atomic mass is 16.4. The lowest BCUT2D eigenvalue weighted by atomic mass is 10.1. The number of nitrogens with zero attached hydrogens (tertiary/aromatic N) is 3. The number of aliphatic hydroxyl groups excluding tert-OH is 4. The van der Waals surface area contributed by atoms with Crippen LogP contribution in [0.5, 0.6) is 0 Å². The molecule has 0 aliphatic carbocycles. The fraction of sp³-hybridized carbons (Fsp3) is 0.400. The molecule has 0 bridgehead atoms. The molecule has 2 rings (SSSR count). The highest BCUT2D eigenvalue weighted by molar-refractivity contribution is 5.78. The van der Waals surface area contributed by atoms with E-state index in [0.717, 1.165) is 6.21 Å². The number of nitrogens with one attached hydrogen (secondary N) is 1. The Bertz CT molecular complexity index is 776. The summed E-state index contributed by atoms with van der Waals surface area (Å²) in [5.74, 6) is 0.182. The van der Waals surface area contributed by atoms with Gasteiger partial charge >= 0.3 is 0 Å². The molecule has 2 aromatic rings. The van der Waals surface area contributed by atoms with Gasteiger partial charge in [-0.05, 0) is 19.1 Å². The molecule has 0 aliphatic rings. The van der Waals surface area contributed by atoms with Crippen LogP contribution in [0.15, 0.2) is 34.2 Å². The maximum absolute atomic E-state index is 12.4. The Morgan fingerprint density at radius 1 is 1.33 bits per heavy atom. The number of hydrogen-bond donors (Lipinski definition) is 5. The van der Waals surface area contributed by atoms with Gasteiger partial charge in [-0.3, -0.25) is 9.36 Å². The van der Waals surface area contributed by atoms with E-state index >= 15 is 0 Å². The number of anilines is 1. The Balaban J connectivity index is 2.24. The van der Waals surface area contributed by atoms with Gasteiger partial charge in [0, 0.05) is 6.54 Å². The van der Waals surface area contributed by atoms with E-state index in [9.17, 15) is 20.1 Å². The van der Waals surface area contributed by atoms with Gasteiger partial charge in [0.25, 0.3) is 5.56 Å². The van der Waals surface area contributed by atoms with Crippen molar-refractivity contribution in [3.05, 3.63) is 34.6 Å². The maximum atomic E-state index is 12.4. The average molecular weight is 336 g/mol. The number of benzene rings is 1. The van der Waals surface area contributed by atoms with Crippen LogP contribution in [0.3, 0.4) is 0 Å². The van der Waals surface area contributed by atoms with Crippen molar-refractivity contribution in [2.75, 3.05) is 12.0 Å². The van der Waals surface area contributed by atoms with Crippen molar-refractivity contribution in [2.45, 2.75) is 31.8 Å². The Kier molecular flexibility index (Phi) is 5.99. The molecule has 0 saturated carbocycles. The first-order chi connectivity index (χ1) is 11.5. The summed E-state index contributed by atoms with van der Waals surface area (Å²) in [6.07, 6.45) is -3.62. The summed E-state index contributed by atoms with van der Waals surface area (Å²) in [7, 11) is 0. The van der Waals surface area contributed by atoms with Gasteiger partial charge in [0.1, 0.15) is 18.3 Å². The molecule has 0 amide bonds. The van der Waals surface area contributed by atoms with Crippen LogP contribution in [0.2, 0.25) is 0 Å². The van der Waals surface area contributed by atoms with Crippen molar-refractivity contribution >= 4 is 23.1 Å². The highest BCUT2D eigenvalue weighted by Crippen LogP contribution is 2.11. The predicted octanol–water partition coefficient (Wildman–Crippen LogP) is -1.11. The molecule has 0 saturated heterocycles. The predicted molar refractivity (Wildman–Crippen MR) is 88.9 cm³/mol. The fourth-order valence-electron chi connectivity index (χ4n) is 2.14. The second kappa shape index (κ2) is 7.97. The van der Waals surface area contributed by atoms with Crippen LogP contribution in [-0.2, 0) is 6.54 Å². The van der Waals surface area contributed by atoms with Crippen molar-refractivity contribution in [2.24, 2.45) is 5.10 Å². The summed E-state index contributed by atoms with van der Waals surface area (Å²) in [5.41, 5.74) is 2.82. The van der Waals surface area contributed by atoms with Gasteiger partial charge in [-0.1, -0.05) is 12.1 Å². The van der Waals surface area contributed by atoms with Gasteiger partial charge in [-0.2, -0.15) is 5.10 Å². The first kappa shape index (κ1) is 18.0. The lowest BCUT2D eigenvalue weighted by Gasteiger charge is -2.18. The molecule has 3 atom stereocenters. The van der Waals surface area contributed by atoms with E-state index < -0.39 is 24.9 Å². The third kappa shape index (κ3) is 3.77. The molecular formula is C15H20N4O5. The standard InChI is InChI=1S/C15H20N4O5/c1-2-19-14(24)9-5-3-4-6-10(9)17-15(19)18-16-7-11(21)13(23)12(22)8-20/h3-7,11-13,20-23H,2,8H2,1H3,(H,17,18)/b16-7+/t11-,12-,13+/m1/s1. The second-order valence-electron chi connectivity index (χ2n) is 5.12. The average Bonchev–Trinajstić information content (AvgIpc) is 2.60. The van der Waals surface area contributed by atoms with Crippen LogP contribution in [0.25, 0.3) is 10.9 Å². The molecule has 24 heavy (non-hydrogen) atoms. The lowest BCUT2D eigenvalue weighted by molar-refractivity contribution is -0.0541. The summed E-state index contributed by atoms with van der Waals surface area (Å²) >= 11 is 0. The Labute approximate surface area is 137 Å². The van der Waals surface area contributed by atoms with Gasteiger partial charge in [0.15, 0.2) is 0 Å². The molecule has 0 spiro atoms. The number of fused-ring (bicyclic) bond motifs is 1. The van der Waals surface area contributed by atoms with Crippen molar-refractivity contribution in [3.63, 3.8) is 0 Å². The monoisotopic (exact) mass is 336 g/mol. The summed E-state index contributed by atoms with van der Waals surface area (Å²) in [6.45, 7) is 1.45. The van der Waals surface area contributed by atoms with Crippen molar-refractivity contribution < 1.29 is 20.4 Å². The molecule has 9 nitrogen and oxygen atoms in total. The van der Waals surface area contributed by atoms with Crippen LogP contribution >= 0.6 is 0 Å². The Morgan fingerprint density at radius 2 is 2.04 bits per heavy atom. The quantitative estimate of drug-likeness (QED) is 0.319. The number of hydrazone groups is 1. The Hall–Kier alpha value is -2.33. The maximum Gasteiger partial charge on any atom is 0.262 e. The van der Waals surface area contributed by atoms with Gasteiger partial charge in [-0.15, -0.1) is 0 Å². The molecule has 9 heteroatoms. The summed E-state index contributed by atoms with van der Waals surface area (Å²) in [5, 5.41) is 41.4. The number of rotatable bonds is 7. The Morgan fingerprint density at radius 3 is 2.71 bits per heavy atom. The normalized spacial score (nSPS) is 15.5. The fourth-order valence-corrected chi connectivity index (χ4v) is 2.14. The molecule has 1 aromatic carbocycles. The first-order valence-electron chi connectivity index (χ1n) is 7.43. The van der Waals surface area contributed by atoms with E-state index in [-0.39, 0.29) is 11.5 Å². The largest absolute Gasteiger partial charge is 0.394 e. The van der Waals surface area contributed by atoms with Crippen LogP contribution in [0.4, 0.5) is 5.95 Å². The van der Waals surface area contributed by atoms with Gasteiger partial charge in [-0.25, -0.2) is 10.4 Å². The second-order valence-corrected chi connectivity index (χ2v) is 5.12. The van der Waals surface area contributed by atoms with Crippen molar-refractivity contribution in [1.82, 2.24) is 9.55 Å². The molecule has 0 fully saturated rings. The van der Waals surface area contributed by atoms with Gasteiger partial charge < -0.3 is 20.4 Å². The molecule has 5 N–H and O–H groups in total. The first-order valence-corrected chi connectivity index (χ1v) is 7.43. The SMILES string of the molecule is CCn1c(N/N=C/[C@@H](O)[C@H](O)[C@H](O)CO)nc2ccccc2c1=O. The van der Waals surface area contributed by atoms with Crippen molar-refractivity contribution in [1.29, 1.82) is 0 Å². The van der Waals surface area contributed by atoms with Crippen LogP contribution in [0, 0.1) is 0 Å². The molecule has 1 heterocycles. The van der Waals surface area contributed by atoms with Crippen LogP contribution in [-0.4, -0.2) is 61.1 Å². The zero-order valence-corrected chi connectivity index (χ0v) is 13.1. The minimum Gasteiger partial charge on any atom is -0.394 e. The number of aromatic nitrogens is 2. The number of aliphatic hydroxyl groups is 4. The van der Waals surface area contributed by atoms with E-state index in [4.69, 9.17) is 5.11 Å². The van der Waals surface area contributed by atoms with Gasteiger partial charge in [0.05, 0.1) is 23.7 Å². The summed E-state index contributed by atoms with van der Waals surface area (Å²) in [4.78, 5) is 16.7. The smallest absolute Gasteiger partial charge is 0.262 e. The van der Waals surface area contributed by atoms with Gasteiger partial charge in [0.2, 0.25) is 5.95 Å². The third-order valence-corrected chi connectivity index (χ3v) is 3.50. The van der Waals surface area contributed by atoms with E-state index in [1.807, 2.05) is 0 Å². The van der Waals surface area contributed by atoms with E-state index in [2.05, 4.69) is 15.5 Å². The molecular weight excluding hydrogens is 316 g/mol. The minimum atomic E-state index is -1.58. The zero-order chi connectivity index (χ0) is 17.7. The topological polar surface area (TPSA) is 140 Å². The van der Waals surface area contributed by atoms with Crippen LogP contribution < -0.4 is 11.0 Å². The zero-order valence-electron chi connectivity index (χ0n) is 13.1. The molecule has 0 aliphatic heterocycles. The van der Waals surface area contributed by atoms with E-state index in [1.165, 1.54) is 4.57 Å². The number of hydrogen-bond acceptors (Lipinski definition) is 8. The third-order valence-electron chi connectivity index (χ3n) is 3.50. The molecule has 0 unspecified atom stereocenters. The molecule has 1 aromatic heterocycles. The number of para-hydroxylation sites is 1. The van der Waals surface area contributed by atoms with Crippen molar-refractivity contribution in [3.8, 4) is 0 Å².